The van der Waals surface area contributed by atoms with Gasteiger partial charge in [0.25, 0.3) is 5.91 Å². The van der Waals surface area contributed by atoms with E-state index in [0.717, 1.165) is 30.4 Å². The smallest absolute Gasteiger partial charge is 0.278 e. The van der Waals surface area contributed by atoms with Crippen LogP contribution in [0.3, 0.4) is 0 Å². The number of hydrogen-bond acceptors (Lipinski definition) is 3. The van der Waals surface area contributed by atoms with Gasteiger partial charge in [0, 0.05) is 12.6 Å². The third kappa shape index (κ3) is 4.49. The summed E-state index contributed by atoms with van der Waals surface area (Å²) in [5, 5.41) is 0. The molecule has 1 aliphatic carbocycles. The summed E-state index contributed by atoms with van der Waals surface area (Å²) in [6.45, 7) is 3.22. The van der Waals surface area contributed by atoms with E-state index in [1.807, 2.05) is 0 Å². The first-order valence-electron chi connectivity index (χ1n) is 10.8. The van der Waals surface area contributed by atoms with Crippen molar-refractivity contribution in [3.8, 4) is 0 Å². The number of piperidine rings is 1. The van der Waals surface area contributed by atoms with Crippen molar-refractivity contribution in [3.63, 3.8) is 0 Å². The molecule has 160 valence electrons. The maximum Gasteiger partial charge on any atom is 0.278 e. The summed E-state index contributed by atoms with van der Waals surface area (Å²) in [5.41, 5.74) is 0. The lowest BCUT2D eigenvalue weighted by Crippen LogP contribution is -3.15. The van der Waals surface area contributed by atoms with Crippen molar-refractivity contribution in [3.05, 3.63) is 30.1 Å². The number of amides is 1. The molecule has 0 spiro atoms. The SMILES string of the molecule is O=C(C[NH+]1CCN(S(=O)(=O)c2cccc(F)c2)CC1)N1CCC[C@@H]2CCCC[C@H]21. The molecule has 1 aromatic carbocycles. The molecule has 1 saturated carbocycles. The first-order valence-corrected chi connectivity index (χ1v) is 12.3. The Kier molecular flexibility index (Phi) is 6.22. The molecule has 2 aliphatic heterocycles. The van der Waals surface area contributed by atoms with E-state index in [2.05, 4.69) is 4.90 Å². The lowest BCUT2D eigenvalue weighted by Gasteiger charge is -2.44. The number of benzene rings is 1. The van der Waals surface area contributed by atoms with E-state index in [-0.39, 0.29) is 10.8 Å². The highest BCUT2D eigenvalue weighted by atomic mass is 32.2. The zero-order chi connectivity index (χ0) is 20.4. The molecule has 1 N–H and O–H groups in total. The summed E-state index contributed by atoms with van der Waals surface area (Å²) in [6, 6.07) is 5.57. The lowest BCUT2D eigenvalue weighted by molar-refractivity contribution is -0.896. The Morgan fingerprint density at radius 1 is 1.07 bits per heavy atom. The van der Waals surface area contributed by atoms with Crippen LogP contribution in [0.25, 0.3) is 0 Å². The van der Waals surface area contributed by atoms with Gasteiger partial charge >= 0.3 is 0 Å². The van der Waals surface area contributed by atoms with E-state index in [1.165, 1.54) is 48.2 Å². The summed E-state index contributed by atoms with van der Waals surface area (Å²) in [5.74, 6) is 0.339. The Hall–Kier alpha value is -1.51. The van der Waals surface area contributed by atoms with Crippen molar-refractivity contribution < 1.29 is 22.5 Å². The van der Waals surface area contributed by atoms with E-state index < -0.39 is 15.8 Å². The van der Waals surface area contributed by atoms with Crippen molar-refractivity contribution in [1.29, 1.82) is 0 Å². The van der Waals surface area contributed by atoms with Gasteiger partial charge in [-0.15, -0.1) is 0 Å². The second-order valence-electron chi connectivity index (χ2n) is 8.63. The van der Waals surface area contributed by atoms with Crippen molar-refractivity contribution in [1.82, 2.24) is 9.21 Å². The number of carbonyl (C=O) groups excluding carboxylic acids is 1. The predicted molar refractivity (Wildman–Crippen MR) is 107 cm³/mol. The van der Waals surface area contributed by atoms with Gasteiger partial charge in [-0.2, -0.15) is 4.31 Å². The minimum atomic E-state index is -3.69. The number of rotatable bonds is 4. The summed E-state index contributed by atoms with van der Waals surface area (Å²) in [6.07, 6.45) is 7.23. The maximum atomic E-state index is 13.4. The Morgan fingerprint density at radius 2 is 1.79 bits per heavy atom. The first kappa shape index (κ1) is 20.8. The molecule has 1 aromatic rings. The number of sulfonamides is 1. The summed E-state index contributed by atoms with van der Waals surface area (Å²) < 4.78 is 40.3. The second-order valence-corrected chi connectivity index (χ2v) is 10.6. The van der Waals surface area contributed by atoms with Crippen molar-refractivity contribution in [2.45, 2.75) is 49.5 Å². The standard InChI is InChI=1S/C21H30FN3O3S/c22-18-7-3-8-19(15-18)29(27,28)24-13-11-23(12-14-24)16-21(26)25-10-4-6-17-5-1-2-9-20(17)25/h3,7-8,15,17,20H,1-2,4-6,9-14,16H2/p+1/t17-,20+/m0/s1. The van der Waals surface area contributed by atoms with Gasteiger partial charge in [-0.1, -0.05) is 18.9 Å². The molecule has 2 heterocycles. The average Bonchev–Trinajstić information content (AvgIpc) is 2.73. The third-order valence-corrected chi connectivity index (χ3v) is 8.72. The first-order chi connectivity index (χ1) is 13.9. The lowest BCUT2D eigenvalue weighted by atomic mass is 9.78. The Bertz CT molecular complexity index is 837. The Morgan fingerprint density at radius 3 is 2.55 bits per heavy atom. The highest BCUT2D eigenvalue weighted by Crippen LogP contribution is 2.35. The molecular formula is C21H31FN3O3S+. The van der Waals surface area contributed by atoms with Crippen LogP contribution in [0, 0.1) is 11.7 Å². The van der Waals surface area contributed by atoms with E-state index in [4.69, 9.17) is 0 Å². The number of fused-ring (bicyclic) bond motifs is 1. The number of quaternary nitrogens is 1. The molecule has 29 heavy (non-hydrogen) atoms. The van der Waals surface area contributed by atoms with Gasteiger partial charge < -0.3 is 9.80 Å². The molecule has 2 atom stereocenters. The number of nitrogens with one attached hydrogen (secondary N) is 1. The number of hydrogen-bond donors (Lipinski definition) is 1. The fourth-order valence-corrected chi connectivity index (χ4v) is 6.72. The van der Waals surface area contributed by atoms with Crippen LogP contribution in [-0.2, 0) is 14.8 Å². The summed E-state index contributed by atoms with van der Waals surface area (Å²) in [4.78, 5) is 16.2. The van der Waals surface area contributed by atoms with Gasteiger partial charge in [0.1, 0.15) is 5.82 Å². The van der Waals surface area contributed by atoms with Crippen LogP contribution in [-0.4, -0.2) is 68.8 Å². The molecule has 8 heteroatoms. The van der Waals surface area contributed by atoms with Gasteiger partial charge in [0.15, 0.2) is 6.54 Å². The summed E-state index contributed by atoms with van der Waals surface area (Å²) >= 11 is 0. The highest BCUT2D eigenvalue weighted by Gasteiger charge is 2.38. The molecule has 0 aromatic heterocycles. The average molecular weight is 425 g/mol. The maximum absolute atomic E-state index is 13.4. The fraction of sp³-hybridized carbons (Fsp3) is 0.667. The largest absolute Gasteiger partial charge is 0.335 e. The molecule has 2 saturated heterocycles. The van der Waals surface area contributed by atoms with Gasteiger partial charge in [-0.05, 0) is 49.8 Å². The number of piperazine rings is 1. The minimum absolute atomic E-state index is 0.00585. The van der Waals surface area contributed by atoms with E-state index >= 15 is 0 Å². The quantitative estimate of drug-likeness (QED) is 0.781. The van der Waals surface area contributed by atoms with Crippen LogP contribution in [0.1, 0.15) is 38.5 Å². The monoisotopic (exact) mass is 424 g/mol. The van der Waals surface area contributed by atoms with E-state index in [9.17, 15) is 17.6 Å². The third-order valence-electron chi connectivity index (χ3n) is 6.83. The van der Waals surface area contributed by atoms with Crippen LogP contribution in [0.2, 0.25) is 0 Å². The molecule has 0 bridgehead atoms. The molecule has 0 unspecified atom stereocenters. The molecule has 6 nitrogen and oxygen atoms in total. The number of likely N-dealkylation sites (tertiary alicyclic amines) is 1. The van der Waals surface area contributed by atoms with Gasteiger partial charge in [0.2, 0.25) is 10.0 Å². The molecule has 4 rings (SSSR count). The molecule has 1 amide bonds. The molecule has 3 fully saturated rings. The highest BCUT2D eigenvalue weighted by molar-refractivity contribution is 7.89. The van der Waals surface area contributed by atoms with E-state index in [1.54, 1.807) is 0 Å². The number of nitrogens with zero attached hydrogens (tertiary/aromatic N) is 2. The second kappa shape index (κ2) is 8.70. The van der Waals surface area contributed by atoms with Gasteiger partial charge in [-0.3, -0.25) is 4.79 Å². The normalized spacial score (nSPS) is 26.9. The van der Waals surface area contributed by atoms with Crippen LogP contribution in [0.4, 0.5) is 4.39 Å². The number of carbonyl (C=O) groups is 1. The Balaban J connectivity index is 1.33. The van der Waals surface area contributed by atoms with Crippen molar-refractivity contribution >= 4 is 15.9 Å². The van der Waals surface area contributed by atoms with Crippen LogP contribution < -0.4 is 4.90 Å². The Labute approximate surface area is 172 Å². The van der Waals surface area contributed by atoms with E-state index in [0.29, 0.717) is 44.7 Å². The van der Waals surface area contributed by atoms with Crippen LogP contribution >= 0.6 is 0 Å². The van der Waals surface area contributed by atoms with Crippen LogP contribution in [0.5, 0.6) is 0 Å². The van der Waals surface area contributed by atoms with Crippen molar-refractivity contribution in [2.24, 2.45) is 5.92 Å². The fourth-order valence-electron chi connectivity index (χ4n) is 5.25. The molecule has 0 radical (unpaired) electrons. The topological polar surface area (TPSA) is 62.1 Å². The minimum Gasteiger partial charge on any atom is -0.335 e. The zero-order valence-corrected chi connectivity index (χ0v) is 17.7. The molecular weight excluding hydrogens is 393 g/mol. The van der Waals surface area contributed by atoms with Crippen molar-refractivity contribution in [2.75, 3.05) is 39.3 Å². The summed E-state index contributed by atoms with van der Waals surface area (Å²) in [7, 11) is -3.69. The number of halogens is 1. The molecule has 3 aliphatic rings. The van der Waals surface area contributed by atoms with Gasteiger partial charge in [0.05, 0.1) is 31.1 Å². The zero-order valence-electron chi connectivity index (χ0n) is 16.9. The van der Waals surface area contributed by atoms with Crippen LogP contribution in [0.15, 0.2) is 29.2 Å². The predicted octanol–water partition coefficient (Wildman–Crippen LogP) is 0.896. The van der Waals surface area contributed by atoms with Gasteiger partial charge in [-0.25, -0.2) is 12.8 Å².